The summed E-state index contributed by atoms with van der Waals surface area (Å²) < 4.78 is 28.4. The minimum atomic E-state index is -0.939. The molecule has 0 spiro atoms. The Morgan fingerprint density at radius 2 is 1.82 bits per heavy atom. The molecule has 1 aromatic carbocycles. The molecule has 22 heavy (non-hydrogen) atoms. The zero-order valence-corrected chi connectivity index (χ0v) is 12.4. The molecular formula is C15H15F2N5. The number of fused-ring (bicyclic) bond motifs is 1. The van der Waals surface area contributed by atoms with Crippen molar-refractivity contribution in [2.45, 2.75) is 26.3 Å². The molecule has 0 aliphatic heterocycles. The van der Waals surface area contributed by atoms with E-state index in [1.54, 1.807) is 4.68 Å². The number of nitrogen functional groups attached to an aromatic ring is 1. The van der Waals surface area contributed by atoms with Crippen LogP contribution in [0.4, 0.5) is 14.6 Å². The van der Waals surface area contributed by atoms with Crippen LogP contribution in [0.3, 0.4) is 0 Å². The van der Waals surface area contributed by atoms with E-state index in [9.17, 15) is 8.78 Å². The average molecular weight is 303 g/mol. The number of aromatic nitrogens is 4. The van der Waals surface area contributed by atoms with Crippen LogP contribution in [0.15, 0.2) is 24.5 Å². The third-order valence-electron chi connectivity index (χ3n) is 3.32. The minimum absolute atomic E-state index is 0.250. The number of anilines is 1. The van der Waals surface area contributed by atoms with E-state index < -0.39 is 11.6 Å². The molecular weight excluding hydrogens is 288 g/mol. The molecule has 0 bridgehead atoms. The Hall–Kier alpha value is -2.57. The van der Waals surface area contributed by atoms with Crippen molar-refractivity contribution in [3.63, 3.8) is 0 Å². The molecule has 7 heteroatoms. The molecule has 114 valence electrons. The lowest BCUT2D eigenvalue weighted by molar-refractivity contribution is 0.366. The van der Waals surface area contributed by atoms with E-state index >= 15 is 0 Å². The number of nitrogens with two attached hydrogens (primary N) is 1. The Morgan fingerprint density at radius 3 is 2.45 bits per heavy atom. The third kappa shape index (κ3) is 2.18. The van der Waals surface area contributed by atoms with E-state index in [2.05, 4.69) is 15.1 Å². The maximum Gasteiger partial charge on any atom is 0.164 e. The van der Waals surface area contributed by atoms with Crippen LogP contribution in [0.2, 0.25) is 0 Å². The molecule has 2 heterocycles. The van der Waals surface area contributed by atoms with Gasteiger partial charge in [0.1, 0.15) is 17.8 Å². The zero-order chi connectivity index (χ0) is 16.1. The fourth-order valence-corrected chi connectivity index (χ4v) is 2.29. The van der Waals surface area contributed by atoms with E-state index in [0.717, 1.165) is 12.1 Å². The van der Waals surface area contributed by atoms with Gasteiger partial charge in [0, 0.05) is 5.56 Å². The molecule has 0 unspecified atom stereocenters. The summed E-state index contributed by atoms with van der Waals surface area (Å²) in [5.74, 6) is -1.60. The van der Waals surface area contributed by atoms with Gasteiger partial charge in [0.15, 0.2) is 17.3 Å². The van der Waals surface area contributed by atoms with E-state index in [0.29, 0.717) is 22.3 Å². The lowest BCUT2D eigenvalue weighted by atomic mass is 10.1. The molecule has 0 atom stereocenters. The van der Waals surface area contributed by atoms with Crippen molar-refractivity contribution in [3.05, 3.63) is 36.2 Å². The lowest BCUT2D eigenvalue weighted by Gasteiger charge is -2.19. The number of benzene rings is 1. The summed E-state index contributed by atoms with van der Waals surface area (Å²) >= 11 is 0. The van der Waals surface area contributed by atoms with Crippen LogP contribution in [0.25, 0.3) is 22.3 Å². The summed E-state index contributed by atoms with van der Waals surface area (Å²) in [5, 5.41) is 5.04. The fraction of sp³-hybridized carbons (Fsp3) is 0.267. The Morgan fingerprint density at radius 1 is 1.09 bits per heavy atom. The van der Waals surface area contributed by atoms with Crippen LogP contribution < -0.4 is 5.73 Å². The molecule has 3 aromatic rings. The van der Waals surface area contributed by atoms with Crippen molar-refractivity contribution in [2.75, 3.05) is 5.73 Å². The van der Waals surface area contributed by atoms with Crippen molar-refractivity contribution < 1.29 is 8.78 Å². The standard InChI is InChI=1S/C15H15F2N5/c1-15(2,3)22-14-11(13(18)19-7-20-14)12(21-22)8-4-5-9(16)10(17)6-8/h4-7H,1-3H3,(H2,18,19,20). The molecule has 5 nitrogen and oxygen atoms in total. The summed E-state index contributed by atoms with van der Waals surface area (Å²) in [6, 6.07) is 3.61. The zero-order valence-electron chi connectivity index (χ0n) is 12.4. The third-order valence-corrected chi connectivity index (χ3v) is 3.32. The molecule has 0 saturated heterocycles. The first-order valence-corrected chi connectivity index (χ1v) is 6.74. The molecule has 0 aliphatic rings. The van der Waals surface area contributed by atoms with Gasteiger partial charge < -0.3 is 5.73 Å². The lowest BCUT2D eigenvalue weighted by Crippen LogP contribution is -2.23. The second-order valence-electron chi connectivity index (χ2n) is 6.02. The second-order valence-corrected chi connectivity index (χ2v) is 6.02. The van der Waals surface area contributed by atoms with Crippen LogP contribution >= 0.6 is 0 Å². The highest BCUT2D eigenvalue weighted by Crippen LogP contribution is 2.33. The molecule has 2 N–H and O–H groups in total. The number of nitrogens with zero attached hydrogens (tertiary/aromatic N) is 4. The predicted octanol–water partition coefficient (Wildman–Crippen LogP) is 3.11. The van der Waals surface area contributed by atoms with Gasteiger partial charge in [0.25, 0.3) is 0 Å². The van der Waals surface area contributed by atoms with Gasteiger partial charge in [0.2, 0.25) is 0 Å². The fourth-order valence-electron chi connectivity index (χ4n) is 2.29. The van der Waals surface area contributed by atoms with Crippen molar-refractivity contribution >= 4 is 16.9 Å². The van der Waals surface area contributed by atoms with Crippen LogP contribution in [-0.4, -0.2) is 19.7 Å². The van der Waals surface area contributed by atoms with Gasteiger partial charge in [-0.2, -0.15) is 5.10 Å². The molecule has 0 fully saturated rings. The number of halogens is 2. The summed E-state index contributed by atoms with van der Waals surface area (Å²) in [5.41, 5.74) is 7.01. The number of hydrogen-bond acceptors (Lipinski definition) is 4. The summed E-state index contributed by atoms with van der Waals surface area (Å²) in [6.45, 7) is 5.90. The van der Waals surface area contributed by atoms with Gasteiger partial charge in [0.05, 0.1) is 10.9 Å². The van der Waals surface area contributed by atoms with Gasteiger partial charge in [-0.15, -0.1) is 0 Å². The smallest absolute Gasteiger partial charge is 0.164 e. The van der Waals surface area contributed by atoms with Crippen LogP contribution in [0, 0.1) is 11.6 Å². The molecule has 0 saturated carbocycles. The molecule has 0 aliphatic carbocycles. The van der Waals surface area contributed by atoms with E-state index in [-0.39, 0.29) is 11.4 Å². The quantitative estimate of drug-likeness (QED) is 0.750. The summed E-state index contributed by atoms with van der Waals surface area (Å²) in [7, 11) is 0. The molecule has 3 rings (SSSR count). The van der Waals surface area contributed by atoms with Gasteiger partial charge in [-0.3, -0.25) is 0 Å². The van der Waals surface area contributed by atoms with Crippen molar-refractivity contribution in [3.8, 4) is 11.3 Å². The first kappa shape index (κ1) is 14.4. The van der Waals surface area contributed by atoms with E-state index in [1.807, 2.05) is 20.8 Å². The Kier molecular flexibility index (Phi) is 3.09. The number of rotatable bonds is 1. The van der Waals surface area contributed by atoms with Gasteiger partial charge >= 0.3 is 0 Å². The van der Waals surface area contributed by atoms with E-state index in [4.69, 9.17) is 5.73 Å². The Bertz CT molecular complexity index is 864. The van der Waals surface area contributed by atoms with Crippen molar-refractivity contribution in [1.82, 2.24) is 19.7 Å². The van der Waals surface area contributed by atoms with Gasteiger partial charge in [-0.1, -0.05) is 0 Å². The average Bonchev–Trinajstić information content (AvgIpc) is 2.83. The SMILES string of the molecule is CC(C)(C)n1nc(-c2ccc(F)c(F)c2)c2c(N)ncnc21. The van der Waals surface area contributed by atoms with Gasteiger partial charge in [-0.25, -0.2) is 23.4 Å². The molecule has 2 aromatic heterocycles. The van der Waals surface area contributed by atoms with Crippen molar-refractivity contribution in [2.24, 2.45) is 0 Å². The minimum Gasteiger partial charge on any atom is -0.383 e. The maximum absolute atomic E-state index is 13.5. The summed E-state index contributed by atoms with van der Waals surface area (Å²) in [6.07, 6.45) is 1.36. The maximum atomic E-state index is 13.5. The highest BCUT2D eigenvalue weighted by molar-refractivity contribution is 5.98. The summed E-state index contributed by atoms with van der Waals surface area (Å²) in [4.78, 5) is 8.21. The van der Waals surface area contributed by atoms with Crippen LogP contribution in [-0.2, 0) is 5.54 Å². The van der Waals surface area contributed by atoms with Crippen LogP contribution in [0.1, 0.15) is 20.8 Å². The second kappa shape index (κ2) is 4.72. The largest absolute Gasteiger partial charge is 0.383 e. The highest BCUT2D eigenvalue weighted by Gasteiger charge is 2.24. The monoisotopic (exact) mass is 303 g/mol. The Labute approximate surface area is 125 Å². The van der Waals surface area contributed by atoms with Crippen LogP contribution in [0.5, 0.6) is 0 Å². The molecule has 0 amide bonds. The first-order chi connectivity index (χ1) is 10.3. The Balaban J connectivity index is 2.36. The topological polar surface area (TPSA) is 69.6 Å². The first-order valence-electron chi connectivity index (χ1n) is 6.74. The van der Waals surface area contributed by atoms with Crippen molar-refractivity contribution in [1.29, 1.82) is 0 Å². The highest BCUT2D eigenvalue weighted by atomic mass is 19.2. The van der Waals surface area contributed by atoms with E-state index in [1.165, 1.54) is 12.4 Å². The number of hydrogen-bond donors (Lipinski definition) is 1. The van der Waals surface area contributed by atoms with Gasteiger partial charge in [-0.05, 0) is 39.0 Å². The molecule has 0 radical (unpaired) electrons. The predicted molar refractivity (Wildman–Crippen MR) is 80.1 cm³/mol. The normalized spacial score (nSPS) is 12.0.